The van der Waals surface area contributed by atoms with Gasteiger partial charge in [0.2, 0.25) is 0 Å². The number of allylic oxidation sites excluding steroid dienone is 9. The van der Waals surface area contributed by atoms with Crippen LogP contribution >= 0.6 is 0 Å². The molecule has 4 unspecified atom stereocenters. The van der Waals surface area contributed by atoms with Gasteiger partial charge >= 0.3 is 0 Å². The van der Waals surface area contributed by atoms with Crippen molar-refractivity contribution in [2.24, 2.45) is 22.2 Å². The molecule has 0 radical (unpaired) electrons. The number of Topliss-reactive ketones (excluding diaryl/α,β-unsaturated/α-hetero) is 3. The predicted molar refractivity (Wildman–Crippen MR) is 170 cm³/mol. The highest BCUT2D eigenvalue weighted by molar-refractivity contribution is 6.30. The van der Waals surface area contributed by atoms with Crippen molar-refractivity contribution in [1.82, 2.24) is 0 Å². The van der Waals surface area contributed by atoms with Crippen molar-refractivity contribution in [2.45, 2.75) is 100 Å². The zero-order chi connectivity index (χ0) is 31.1. The Bertz CT molecular complexity index is 1420. The molecule has 2 aliphatic carbocycles. The number of hydrogen-bond acceptors (Lipinski definition) is 4. The van der Waals surface area contributed by atoms with Crippen molar-refractivity contribution in [3.05, 3.63) is 94.3 Å². The lowest BCUT2D eigenvalue weighted by atomic mass is 9.38. The van der Waals surface area contributed by atoms with Gasteiger partial charge in [-0.2, -0.15) is 0 Å². The maximum Gasteiger partial charge on any atom is 0.184 e. The summed E-state index contributed by atoms with van der Waals surface area (Å²) in [5, 5.41) is 0. The third-order valence-corrected chi connectivity index (χ3v) is 9.67. The van der Waals surface area contributed by atoms with E-state index >= 15 is 9.59 Å². The maximum absolute atomic E-state index is 15.5. The minimum Gasteiger partial charge on any atom is -0.486 e. The highest BCUT2D eigenvalue weighted by Crippen LogP contribution is 2.69. The Morgan fingerprint density at radius 1 is 0.905 bits per heavy atom. The molecule has 1 aromatic rings. The maximum atomic E-state index is 15.5. The smallest absolute Gasteiger partial charge is 0.184 e. The summed E-state index contributed by atoms with van der Waals surface area (Å²) in [6.07, 6.45) is 12.8. The molecule has 4 atom stereocenters. The molecular formula is C38H48O4. The Hall–Kier alpha value is -3.27. The predicted octanol–water partition coefficient (Wildman–Crippen LogP) is 9.10. The second-order valence-electron chi connectivity index (χ2n) is 14.1. The molecule has 1 heterocycles. The molecule has 0 aromatic heterocycles. The average molecular weight is 569 g/mol. The van der Waals surface area contributed by atoms with Crippen LogP contribution in [0.4, 0.5) is 0 Å². The number of fused-ring (bicyclic) bond motifs is 3. The SMILES string of the molecule is CC(C)=CCCC1(C)C(CC=C(C)C)CC2(CC=C(C)C)C(=O)C3=C(OC(C)(C)C=C3)C1(C(=O)c1ccccc1)C2=O. The summed E-state index contributed by atoms with van der Waals surface area (Å²) in [5.74, 6) is -0.610. The lowest BCUT2D eigenvalue weighted by Crippen LogP contribution is -2.70. The first kappa shape index (κ1) is 31.7. The summed E-state index contributed by atoms with van der Waals surface area (Å²) in [7, 11) is 0. The third kappa shape index (κ3) is 5.12. The van der Waals surface area contributed by atoms with Gasteiger partial charge in [-0.25, -0.2) is 0 Å². The topological polar surface area (TPSA) is 60.4 Å². The van der Waals surface area contributed by atoms with Crippen LogP contribution in [-0.2, 0) is 14.3 Å². The summed E-state index contributed by atoms with van der Waals surface area (Å²) in [4.78, 5) is 45.4. The van der Waals surface area contributed by atoms with Gasteiger partial charge in [0.25, 0.3) is 0 Å². The van der Waals surface area contributed by atoms with E-state index in [1.165, 1.54) is 11.1 Å². The van der Waals surface area contributed by atoms with E-state index < -0.39 is 21.8 Å². The highest BCUT2D eigenvalue weighted by atomic mass is 16.5. The minimum atomic E-state index is -1.65. The summed E-state index contributed by atoms with van der Waals surface area (Å²) in [6.45, 7) is 18.2. The van der Waals surface area contributed by atoms with E-state index in [-0.39, 0.29) is 35.4 Å². The first-order valence-electron chi connectivity index (χ1n) is 15.3. The molecule has 42 heavy (non-hydrogen) atoms. The van der Waals surface area contributed by atoms with Gasteiger partial charge in [-0.1, -0.05) is 72.2 Å². The van der Waals surface area contributed by atoms with Crippen molar-refractivity contribution < 1.29 is 19.1 Å². The third-order valence-electron chi connectivity index (χ3n) is 9.67. The summed E-state index contributed by atoms with van der Waals surface area (Å²) in [6, 6.07) is 9.13. The summed E-state index contributed by atoms with van der Waals surface area (Å²) >= 11 is 0. The van der Waals surface area contributed by atoms with E-state index in [0.717, 1.165) is 12.0 Å². The van der Waals surface area contributed by atoms with Crippen LogP contribution in [0.1, 0.15) is 105 Å². The van der Waals surface area contributed by atoms with Crippen LogP contribution in [0.15, 0.2) is 88.8 Å². The molecule has 4 heteroatoms. The van der Waals surface area contributed by atoms with E-state index in [0.29, 0.717) is 30.4 Å². The minimum absolute atomic E-state index is 0.107. The van der Waals surface area contributed by atoms with Crippen LogP contribution in [0.5, 0.6) is 0 Å². The fourth-order valence-electron chi connectivity index (χ4n) is 7.34. The molecule has 1 fully saturated rings. The second-order valence-corrected chi connectivity index (χ2v) is 14.1. The van der Waals surface area contributed by atoms with Gasteiger partial charge in [0.05, 0.1) is 11.0 Å². The fraction of sp³-hybridized carbons (Fsp3) is 0.500. The average Bonchev–Trinajstić information content (AvgIpc) is 2.91. The van der Waals surface area contributed by atoms with Crippen molar-refractivity contribution in [3.8, 4) is 0 Å². The molecule has 0 amide bonds. The molecule has 4 rings (SSSR count). The summed E-state index contributed by atoms with van der Waals surface area (Å²) in [5.41, 5.74) is -0.323. The van der Waals surface area contributed by atoms with Crippen LogP contribution in [0.25, 0.3) is 0 Å². The summed E-state index contributed by atoms with van der Waals surface area (Å²) < 4.78 is 6.70. The molecule has 0 saturated heterocycles. The van der Waals surface area contributed by atoms with E-state index in [9.17, 15) is 4.79 Å². The zero-order valence-corrected chi connectivity index (χ0v) is 27.0. The molecule has 2 bridgehead atoms. The lowest BCUT2D eigenvalue weighted by Gasteiger charge is -2.62. The van der Waals surface area contributed by atoms with Gasteiger partial charge in [-0.3, -0.25) is 14.4 Å². The largest absolute Gasteiger partial charge is 0.486 e. The zero-order valence-electron chi connectivity index (χ0n) is 27.0. The Kier molecular flexibility index (Phi) is 8.62. The standard InChI is InChI=1S/C38H48O4/c1-25(2)14-13-21-36(9)29(18-17-26(3)4)24-37(23-19-27(5)6)32(40)30-20-22-35(7,8)42-33(30)38(36,34(37)41)31(39)28-15-11-10-12-16-28/h10-12,14-17,19-20,22,29H,13,18,21,23-24H2,1-9H3. The van der Waals surface area contributed by atoms with Gasteiger partial charge in [-0.15, -0.1) is 0 Å². The Morgan fingerprint density at radius 2 is 1.52 bits per heavy atom. The van der Waals surface area contributed by atoms with Gasteiger partial charge in [0.1, 0.15) is 11.4 Å². The first-order valence-corrected chi connectivity index (χ1v) is 15.3. The van der Waals surface area contributed by atoms with E-state index in [1.807, 2.05) is 64.1 Å². The fourth-order valence-corrected chi connectivity index (χ4v) is 7.34. The molecule has 4 nitrogen and oxygen atoms in total. The molecule has 0 spiro atoms. The molecule has 1 saturated carbocycles. The number of benzene rings is 1. The normalized spacial score (nSPS) is 29.3. The molecular weight excluding hydrogens is 520 g/mol. The highest BCUT2D eigenvalue weighted by Gasteiger charge is 2.76. The molecule has 3 aliphatic rings. The molecule has 0 N–H and O–H groups in total. The number of ether oxygens (including phenoxy) is 1. The van der Waals surface area contributed by atoms with Crippen LogP contribution in [0, 0.1) is 22.2 Å². The van der Waals surface area contributed by atoms with E-state index in [4.69, 9.17) is 4.74 Å². The first-order chi connectivity index (χ1) is 19.6. The van der Waals surface area contributed by atoms with Crippen LogP contribution in [0.2, 0.25) is 0 Å². The number of carbonyl (C=O) groups excluding carboxylic acids is 3. The van der Waals surface area contributed by atoms with Gasteiger partial charge in [-0.05, 0) is 111 Å². The Balaban J connectivity index is 2.16. The molecule has 224 valence electrons. The van der Waals surface area contributed by atoms with Crippen LogP contribution in [-0.4, -0.2) is 23.0 Å². The number of carbonyl (C=O) groups is 3. The Labute approximate surface area is 252 Å². The van der Waals surface area contributed by atoms with Gasteiger partial charge in [0.15, 0.2) is 22.8 Å². The van der Waals surface area contributed by atoms with E-state index in [2.05, 4.69) is 46.8 Å². The monoisotopic (exact) mass is 568 g/mol. The quantitative estimate of drug-likeness (QED) is 0.169. The van der Waals surface area contributed by atoms with Crippen molar-refractivity contribution >= 4 is 17.3 Å². The second kappa shape index (κ2) is 11.4. The van der Waals surface area contributed by atoms with Crippen molar-refractivity contribution in [1.29, 1.82) is 0 Å². The number of ketones is 3. The molecule has 1 aromatic carbocycles. The lowest BCUT2D eigenvalue weighted by molar-refractivity contribution is -0.169. The van der Waals surface area contributed by atoms with Crippen LogP contribution < -0.4 is 0 Å². The van der Waals surface area contributed by atoms with E-state index in [1.54, 1.807) is 12.1 Å². The Morgan fingerprint density at radius 3 is 2.12 bits per heavy atom. The van der Waals surface area contributed by atoms with Gasteiger partial charge in [0, 0.05) is 5.56 Å². The van der Waals surface area contributed by atoms with Crippen molar-refractivity contribution in [2.75, 3.05) is 0 Å². The number of rotatable bonds is 9. The van der Waals surface area contributed by atoms with Gasteiger partial charge < -0.3 is 4.74 Å². The number of hydrogen-bond donors (Lipinski definition) is 0. The van der Waals surface area contributed by atoms with Crippen molar-refractivity contribution in [3.63, 3.8) is 0 Å². The molecule has 1 aliphatic heterocycles. The van der Waals surface area contributed by atoms with Crippen LogP contribution in [0.3, 0.4) is 0 Å².